The Balaban J connectivity index is 1.92. The summed E-state index contributed by atoms with van der Waals surface area (Å²) >= 11 is 6.26. The first kappa shape index (κ1) is 24.1. The number of nitrogen functional groups attached to an aromatic ring is 1. The van der Waals surface area contributed by atoms with Gasteiger partial charge in [0.05, 0.1) is 27.7 Å². The molecule has 8 nitrogen and oxygen atoms in total. The van der Waals surface area contributed by atoms with Gasteiger partial charge in [-0.1, -0.05) is 29.5 Å². The van der Waals surface area contributed by atoms with Crippen LogP contribution in [0.2, 0.25) is 5.02 Å². The SMILES string of the molecule is C[C@H](O)C#Cc1c(N)ncnc1N[C@@H](C)c1nc2cccc(Cl)c2c(=O)n1-c1cc(F)cc(F)c1. The third-order valence-electron chi connectivity index (χ3n) is 5.00. The fraction of sp³-hybridized carbons (Fsp3) is 0.167. The van der Waals surface area contributed by atoms with Crippen LogP contribution in [0.25, 0.3) is 16.6 Å². The molecule has 11 heteroatoms. The number of fused-ring (bicyclic) bond motifs is 1. The van der Waals surface area contributed by atoms with Crippen LogP contribution in [-0.2, 0) is 0 Å². The van der Waals surface area contributed by atoms with E-state index in [0.717, 1.165) is 16.7 Å². The largest absolute Gasteiger partial charge is 0.382 e. The standard InChI is InChI=1S/C24H19ClF2N6O2/c1-12(34)6-7-17-21(28)29-11-30-22(17)31-13(2)23-32-19-5-3-4-18(25)20(19)24(35)33(23)16-9-14(26)8-15(27)10-16/h3-5,8-13,34H,1-2H3,(H3,28,29,30,31)/t12-,13-/m0/s1. The first-order valence-electron chi connectivity index (χ1n) is 10.4. The van der Waals surface area contributed by atoms with E-state index in [4.69, 9.17) is 17.3 Å². The quantitative estimate of drug-likeness (QED) is 0.369. The molecule has 0 saturated heterocycles. The third kappa shape index (κ3) is 4.91. The Bertz CT molecular complexity index is 1540. The van der Waals surface area contributed by atoms with Crippen molar-refractivity contribution in [2.45, 2.75) is 26.0 Å². The summed E-state index contributed by atoms with van der Waals surface area (Å²) in [4.78, 5) is 26.2. The molecule has 0 bridgehead atoms. The summed E-state index contributed by atoms with van der Waals surface area (Å²) in [5.74, 6) is 4.00. The normalized spacial score (nSPS) is 12.6. The highest BCUT2D eigenvalue weighted by atomic mass is 35.5. The number of aliphatic hydroxyl groups is 1. The van der Waals surface area contributed by atoms with Gasteiger partial charge in [-0.05, 0) is 38.1 Å². The molecule has 2 aromatic carbocycles. The smallest absolute Gasteiger partial charge is 0.267 e. The molecule has 35 heavy (non-hydrogen) atoms. The lowest BCUT2D eigenvalue weighted by molar-refractivity contribution is 0.253. The summed E-state index contributed by atoms with van der Waals surface area (Å²) in [6.07, 6.45) is 0.306. The highest BCUT2D eigenvalue weighted by Crippen LogP contribution is 2.26. The van der Waals surface area contributed by atoms with E-state index in [-0.39, 0.29) is 39.1 Å². The molecule has 0 aliphatic heterocycles. The second-order valence-corrected chi connectivity index (χ2v) is 8.07. The molecule has 4 aromatic rings. The number of aromatic nitrogens is 4. The zero-order valence-corrected chi connectivity index (χ0v) is 19.3. The average Bonchev–Trinajstić information content (AvgIpc) is 2.77. The van der Waals surface area contributed by atoms with Gasteiger partial charge in [-0.25, -0.2) is 23.7 Å². The molecule has 2 heterocycles. The number of nitrogens with two attached hydrogens (primary N) is 1. The number of aliphatic hydroxyl groups excluding tert-OH is 1. The minimum Gasteiger partial charge on any atom is -0.382 e. The summed E-state index contributed by atoms with van der Waals surface area (Å²) in [6.45, 7) is 3.16. The van der Waals surface area contributed by atoms with E-state index in [9.17, 15) is 18.7 Å². The summed E-state index contributed by atoms with van der Waals surface area (Å²) in [7, 11) is 0. The van der Waals surface area contributed by atoms with Crippen molar-refractivity contribution in [3.63, 3.8) is 0 Å². The Morgan fingerprint density at radius 2 is 1.89 bits per heavy atom. The van der Waals surface area contributed by atoms with Gasteiger partial charge in [0.2, 0.25) is 0 Å². The fourth-order valence-corrected chi connectivity index (χ4v) is 3.74. The molecule has 4 N–H and O–H groups in total. The van der Waals surface area contributed by atoms with Gasteiger partial charge in [-0.2, -0.15) is 0 Å². The predicted molar refractivity (Wildman–Crippen MR) is 129 cm³/mol. The van der Waals surface area contributed by atoms with E-state index < -0.39 is 29.3 Å². The van der Waals surface area contributed by atoms with E-state index in [1.807, 2.05) is 0 Å². The van der Waals surface area contributed by atoms with E-state index in [0.29, 0.717) is 11.6 Å². The molecular formula is C24H19ClF2N6O2. The minimum absolute atomic E-state index is 0.0678. The molecule has 4 rings (SSSR count). The molecule has 2 atom stereocenters. The average molecular weight is 497 g/mol. The van der Waals surface area contributed by atoms with Crippen molar-refractivity contribution >= 4 is 34.1 Å². The maximum atomic E-state index is 14.1. The first-order chi connectivity index (χ1) is 16.7. The number of hydrogen-bond donors (Lipinski definition) is 3. The maximum absolute atomic E-state index is 14.1. The van der Waals surface area contributed by atoms with E-state index in [1.165, 1.54) is 19.3 Å². The van der Waals surface area contributed by atoms with Crippen molar-refractivity contribution in [3.8, 4) is 17.5 Å². The van der Waals surface area contributed by atoms with Gasteiger partial charge in [0, 0.05) is 6.07 Å². The number of nitrogens with one attached hydrogen (secondary N) is 1. The van der Waals surface area contributed by atoms with Crippen LogP contribution < -0.4 is 16.6 Å². The molecule has 0 unspecified atom stereocenters. The van der Waals surface area contributed by atoms with Gasteiger partial charge in [0.25, 0.3) is 5.56 Å². The van der Waals surface area contributed by atoms with Crippen molar-refractivity contribution in [1.29, 1.82) is 0 Å². The van der Waals surface area contributed by atoms with Gasteiger partial charge in [0.15, 0.2) is 0 Å². The van der Waals surface area contributed by atoms with Crippen LogP contribution in [-0.4, -0.2) is 30.7 Å². The molecule has 0 spiro atoms. The van der Waals surface area contributed by atoms with Crippen LogP contribution in [0.5, 0.6) is 0 Å². The zero-order chi connectivity index (χ0) is 25.3. The molecule has 2 aromatic heterocycles. The Kier molecular flexibility index (Phi) is 6.64. The van der Waals surface area contributed by atoms with Gasteiger partial charge < -0.3 is 16.2 Å². The predicted octanol–water partition coefficient (Wildman–Crippen LogP) is 3.59. The minimum atomic E-state index is -0.917. The highest BCUT2D eigenvalue weighted by Gasteiger charge is 2.21. The van der Waals surface area contributed by atoms with Gasteiger partial charge in [-0.3, -0.25) is 9.36 Å². The zero-order valence-electron chi connectivity index (χ0n) is 18.6. The third-order valence-corrected chi connectivity index (χ3v) is 5.32. The van der Waals surface area contributed by atoms with Gasteiger partial charge in [-0.15, -0.1) is 0 Å². The van der Waals surface area contributed by atoms with E-state index in [2.05, 4.69) is 32.1 Å². The number of anilines is 2. The summed E-state index contributed by atoms with van der Waals surface area (Å²) in [5, 5.41) is 12.9. The number of hydrogen-bond acceptors (Lipinski definition) is 7. The molecule has 0 aliphatic carbocycles. The summed E-state index contributed by atoms with van der Waals surface area (Å²) in [6, 6.07) is 6.78. The van der Waals surface area contributed by atoms with Crippen LogP contribution in [0.15, 0.2) is 47.5 Å². The van der Waals surface area contributed by atoms with E-state index in [1.54, 1.807) is 19.1 Å². The Morgan fingerprint density at radius 3 is 2.57 bits per heavy atom. The molecule has 0 aliphatic rings. The maximum Gasteiger partial charge on any atom is 0.267 e. The van der Waals surface area contributed by atoms with Gasteiger partial charge in [0.1, 0.15) is 47.1 Å². The van der Waals surface area contributed by atoms with Crippen LogP contribution in [0.1, 0.15) is 31.3 Å². The van der Waals surface area contributed by atoms with Crippen LogP contribution in [0, 0.1) is 23.5 Å². The lowest BCUT2D eigenvalue weighted by Gasteiger charge is -2.21. The summed E-state index contributed by atoms with van der Waals surface area (Å²) < 4.78 is 29.3. The molecule has 0 fully saturated rings. The molecule has 0 saturated carbocycles. The van der Waals surface area contributed by atoms with Crippen molar-refractivity contribution in [3.05, 3.63) is 81.1 Å². The van der Waals surface area contributed by atoms with Gasteiger partial charge >= 0.3 is 0 Å². The summed E-state index contributed by atoms with van der Waals surface area (Å²) in [5.41, 5.74) is 5.81. The van der Waals surface area contributed by atoms with E-state index >= 15 is 0 Å². The highest BCUT2D eigenvalue weighted by molar-refractivity contribution is 6.35. The van der Waals surface area contributed by atoms with Crippen molar-refractivity contribution in [2.24, 2.45) is 0 Å². The fourth-order valence-electron chi connectivity index (χ4n) is 3.49. The first-order valence-corrected chi connectivity index (χ1v) is 10.8. The lowest BCUT2D eigenvalue weighted by Crippen LogP contribution is -2.28. The second kappa shape index (κ2) is 9.66. The second-order valence-electron chi connectivity index (χ2n) is 7.67. The molecule has 178 valence electrons. The topological polar surface area (TPSA) is 119 Å². The number of rotatable bonds is 4. The van der Waals surface area contributed by atoms with Crippen LogP contribution in [0.4, 0.5) is 20.4 Å². The van der Waals surface area contributed by atoms with Crippen molar-refractivity contribution in [2.75, 3.05) is 11.1 Å². The Hall–Kier alpha value is -4.07. The molecular weight excluding hydrogens is 478 g/mol. The van der Waals surface area contributed by atoms with Crippen molar-refractivity contribution < 1.29 is 13.9 Å². The molecule has 0 amide bonds. The number of benzene rings is 2. The number of halogens is 3. The number of nitrogens with zero attached hydrogens (tertiary/aromatic N) is 4. The monoisotopic (exact) mass is 496 g/mol. The Morgan fingerprint density at radius 1 is 1.17 bits per heavy atom. The van der Waals surface area contributed by atoms with Crippen LogP contribution in [0.3, 0.4) is 0 Å². The Labute approximate surface area is 203 Å². The lowest BCUT2D eigenvalue weighted by atomic mass is 10.2. The molecule has 0 radical (unpaired) electrons. The van der Waals surface area contributed by atoms with Crippen LogP contribution >= 0.6 is 11.6 Å². The van der Waals surface area contributed by atoms with Crippen molar-refractivity contribution in [1.82, 2.24) is 19.5 Å².